The first kappa shape index (κ1) is 7.35. The second-order valence-electron chi connectivity index (χ2n) is 3.58. The standard InChI is InChI=1S/C8H14S2/c1-7-6-8(10-9-7)4-2-3-5-8/h7H,2-6H2,1H3/t7-/m0/s1. The summed E-state index contributed by atoms with van der Waals surface area (Å²) >= 11 is 0. The molecule has 0 unspecified atom stereocenters. The number of hydrogen-bond acceptors (Lipinski definition) is 2. The largest absolute Gasteiger partial charge is 0.0904 e. The van der Waals surface area contributed by atoms with Gasteiger partial charge in [-0.05, 0) is 19.3 Å². The van der Waals surface area contributed by atoms with Crippen LogP contribution in [0.5, 0.6) is 0 Å². The molecule has 10 heavy (non-hydrogen) atoms. The Morgan fingerprint density at radius 2 is 2.00 bits per heavy atom. The Hall–Kier alpha value is 0.700. The number of rotatable bonds is 0. The lowest BCUT2D eigenvalue weighted by Gasteiger charge is -2.19. The maximum Gasteiger partial charge on any atom is 0.0274 e. The van der Waals surface area contributed by atoms with Gasteiger partial charge in [0, 0.05) is 10.00 Å². The second-order valence-corrected chi connectivity index (χ2v) is 6.69. The van der Waals surface area contributed by atoms with Crippen LogP contribution in [0.2, 0.25) is 0 Å². The SMILES string of the molecule is C[C@H]1CC2(CCCC2)SS1. The summed E-state index contributed by atoms with van der Waals surface area (Å²) in [5.74, 6) is 0. The Balaban J connectivity index is 2.03. The molecule has 0 aromatic rings. The molecule has 1 aliphatic heterocycles. The van der Waals surface area contributed by atoms with Crippen molar-refractivity contribution in [3.05, 3.63) is 0 Å². The van der Waals surface area contributed by atoms with Gasteiger partial charge >= 0.3 is 0 Å². The molecular weight excluding hydrogens is 160 g/mol. The van der Waals surface area contributed by atoms with E-state index in [-0.39, 0.29) is 0 Å². The molecule has 2 heteroatoms. The van der Waals surface area contributed by atoms with Crippen LogP contribution < -0.4 is 0 Å². The fraction of sp³-hybridized carbons (Fsp3) is 1.00. The average molecular weight is 174 g/mol. The molecule has 1 aliphatic carbocycles. The molecule has 1 heterocycles. The normalized spacial score (nSPS) is 37.5. The molecule has 2 fully saturated rings. The van der Waals surface area contributed by atoms with E-state index in [2.05, 4.69) is 28.5 Å². The zero-order valence-corrected chi connectivity index (χ0v) is 8.06. The molecular formula is C8H14S2. The molecule has 0 N–H and O–H groups in total. The Morgan fingerprint density at radius 1 is 1.30 bits per heavy atom. The summed E-state index contributed by atoms with van der Waals surface area (Å²) in [6.07, 6.45) is 7.44. The third kappa shape index (κ3) is 1.20. The molecule has 58 valence electrons. The van der Waals surface area contributed by atoms with Crippen LogP contribution in [-0.2, 0) is 0 Å². The minimum atomic E-state index is 0.740. The lowest BCUT2D eigenvalue weighted by atomic mass is 10.0. The van der Waals surface area contributed by atoms with Crippen molar-refractivity contribution in [1.29, 1.82) is 0 Å². The summed E-state index contributed by atoms with van der Waals surface area (Å²) < 4.78 is 0.740. The van der Waals surface area contributed by atoms with Gasteiger partial charge in [-0.15, -0.1) is 0 Å². The van der Waals surface area contributed by atoms with Gasteiger partial charge in [0.25, 0.3) is 0 Å². The van der Waals surface area contributed by atoms with Crippen LogP contribution in [-0.4, -0.2) is 10.00 Å². The Labute approximate surface area is 70.9 Å². The first-order valence-electron chi connectivity index (χ1n) is 4.15. The lowest BCUT2D eigenvalue weighted by Crippen LogP contribution is -2.16. The summed E-state index contributed by atoms with van der Waals surface area (Å²) in [5, 5.41) is 0.920. The fourth-order valence-corrected chi connectivity index (χ4v) is 5.73. The van der Waals surface area contributed by atoms with Crippen molar-refractivity contribution in [3.8, 4) is 0 Å². The zero-order valence-electron chi connectivity index (χ0n) is 6.43. The van der Waals surface area contributed by atoms with Crippen LogP contribution >= 0.6 is 21.6 Å². The Kier molecular flexibility index (Phi) is 1.94. The molecule has 0 aromatic heterocycles. The summed E-state index contributed by atoms with van der Waals surface area (Å²) in [4.78, 5) is 0. The highest BCUT2D eigenvalue weighted by atomic mass is 33.1. The molecule has 0 bridgehead atoms. The summed E-state index contributed by atoms with van der Waals surface area (Å²) in [6, 6.07) is 0. The van der Waals surface area contributed by atoms with Crippen LogP contribution in [0.3, 0.4) is 0 Å². The molecule has 2 aliphatic rings. The molecule has 1 saturated carbocycles. The van der Waals surface area contributed by atoms with Crippen molar-refractivity contribution in [2.45, 2.75) is 49.0 Å². The van der Waals surface area contributed by atoms with Gasteiger partial charge in [-0.2, -0.15) is 0 Å². The third-order valence-electron chi connectivity index (χ3n) is 2.56. The van der Waals surface area contributed by atoms with Gasteiger partial charge in [-0.3, -0.25) is 0 Å². The van der Waals surface area contributed by atoms with E-state index in [1.54, 1.807) is 0 Å². The molecule has 0 amide bonds. The second kappa shape index (κ2) is 2.63. The number of hydrogen-bond donors (Lipinski definition) is 0. The molecule has 0 aromatic carbocycles. The zero-order chi connectivity index (χ0) is 7.03. The third-order valence-corrected chi connectivity index (χ3v) is 6.42. The molecule has 0 radical (unpaired) electrons. The van der Waals surface area contributed by atoms with Crippen molar-refractivity contribution >= 4 is 21.6 Å². The van der Waals surface area contributed by atoms with Gasteiger partial charge in [0.15, 0.2) is 0 Å². The van der Waals surface area contributed by atoms with Crippen LogP contribution in [0.4, 0.5) is 0 Å². The van der Waals surface area contributed by atoms with Crippen molar-refractivity contribution < 1.29 is 0 Å². The average Bonchev–Trinajstić information content (AvgIpc) is 2.46. The predicted molar refractivity (Wildman–Crippen MR) is 50.5 cm³/mol. The van der Waals surface area contributed by atoms with E-state index in [4.69, 9.17) is 0 Å². The quantitative estimate of drug-likeness (QED) is 0.516. The molecule has 1 atom stereocenters. The van der Waals surface area contributed by atoms with Crippen LogP contribution in [0.1, 0.15) is 39.0 Å². The van der Waals surface area contributed by atoms with Crippen molar-refractivity contribution in [3.63, 3.8) is 0 Å². The maximum absolute atomic E-state index is 2.37. The Bertz CT molecular complexity index is 127. The van der Waals surface area contributed by atoms with Crippen LogP contribution in [0, 0.1) is 0 Å². The summed E-state index contributed by atoms with van der Waals surface area (Å²) in [5.41, 5.74) is 0. The molecule has 0 nitrogen and oxygen atoms in total. The monoisotopic (exact) mass is 174 g/mol. The fourth-order valence-electron chi connectivity index (χ4n) is 2.08. The maximum atomic E-state index is 2.37. The smallest absolute Gasteiger partial charge is 0.0274 e. The molecule has 2 rings (SSSR count). The van der Waals surface area contributed by atoms with E-state index in [0.29, 0.717) is 0 Å². The topological polar surface area (TPSA) is 0 Å². The highest BCUT2D eigenvalue weighted by Gasteiger charge is 2.41. The minimum Gasteiger partial charge on any atom is -0.0904 e. The minimum absolute atomic E-state index is 0.740. The van der Waals surface area contributed by atoms with E-state index >= 15 is 0 Å². The first-order valence-corrected chi connectivity index (χ1v) is 6.37. The summed E-state index contributed by atoms with van der Waals surface area (Å²) in [7, 11) is 4.29. The predicted octanol–water partition coefficient (Wildman–Crippen LogP) is 3.47. The van der Waals surface area contributed by atoms with E-state index < -0.39 is 0 Å². The highest BCUT2D eigenvalue weighted by Crippen LogP contribution is 2.58. The van der Waals surface area contributed by atoms with Gasteiger partial charge in [-0.1, -0.05) is 41.4 Å². The van der Waals surface area contributed by atoms with Crippen molar-refractivity contribution in [2.75, 3.05) is 0 Å². The lowest BCUT2D eigenvalue weighted by molar-refractivity contribution is 0.568. The van der Waals surface area contributed by atoms with Crippen molar-refractivity contribution in [2.24, 2.45) is 0 Å². The van der Waals surface area contributed by atoms with Gasteiger partial charge in [0.1, 0.15) is 0 Å². The van der Waals surface area contributed by atoms with Crippen LogP contribution in [0.15, 0.2) is 0 Å². The van der Waals surface area contributed by atoms with E-state index in [1.165, 1.54) is 32.1 Å². The van der Waals surface area contributed by atoms with Gasteiger partial charge in [0.2, 0.25) is 0 Å². The van der Waals surface area contributed by atoms with Gasteiger partial charge < -0.3 is 0 Å². The highest BCUT2D eigenvalue weighted by molar-refractivity contribution is 8.77. The van der Waals surface area contributed by atoms with Gasteiger partial charge in [-0.25, -0.2) is 0 Å². The van der Waals surface area contributed by atoms with Crippen LogP contribution in [0.25, 0.3) is 0 Å². The molecule has 1 saturated heterocycles. The van der Waals surface area contributed by atoms with Crippen molar-refractivity contribution in [1.82, 2.24) is 0 Å². The van der Waals surface area contributed by atoms with E-state index in [9.17, 15) is 0 Å². The van der Waals surface area contributed by atoms with E-state index in [1.807, 2.05) is 0 Å². The van der Waals surface area contributed by atoms with E-state index in [0.717, 1.165) is 10.00 Å². The summed E-state index contributed by atoms with van der Waals surface area (Å²) in [6.45, 7) is 2.37. The first-order chi connectivity index (χ1) is 4.81. The Morgan fingerprint density at radius 3 is 2.50 bits per heavy atom. The van der Waals surface area contributed by atoms with Gasteiger partial charge in [0.05, 0.1) is 0 Å². The molecule has 1 spiro atoms.